The zero-order valence-corrected chi connectivity index (χ0v) is 10.1. The maximum atomic E-state index is 5.61. The minimum atomic E-state index is -0.391. The molecule has 2 aliphatic rings. The number of nitrogens with one attached hydrogen (secondary N) is 1. The van der Waals surface area contributed by atoms with Gasteiger partial charge >= 0.3 is 0 Å². The first-order chi connectivity index (χ1) is 7.05. The van der Waals surface area contributed by atoms with Gasteiger partial charge in [0, 0.05) is 6.04 Å². The third-order valence-corrected chi connectivity index (χ3v) is 3.17. The first-order valence-electron chi connectivity index (χ1n) is 6.09. The zero-order chi connectivity index (χ0) is 10.9. The average molecular weight is 213 g/mol. The Morgan fingerprint density at radius 2 is 1.87 bits per heavy atom. The van der Waals surface area contributed by atoms with Crippen LogP contribution in [0, 0.1) is 5.92 Å². The largest absolute Gasteiger partial charge is 0.349 e. The molecule has 0 spiro atoms. The van der Waals surface area contributed by atoms with E-state index in [2.05, 4.69) is 12.2 Å². The molecule has 0 radical (unpaired) electrons. The molecule has 1 aliphatic heterocycles. The van der Waals surface area contributed by atoms with Crippen LogP contribution in [0.5, 0.6) is 0 Å². The summed E-state index contributed by atoms with van der Waals surface area (Å²) in [5.74, 6) is 0.590. The molecule has 1 aliphatic carbocycles. The summed E-state index contributed by atoms with van der Waals surface area (Å²) in [7, 11) is 0. The normalized spacial score (nSPS) is 29.0. The highest BCUT2D eigenvalue weighted by Gasteiger charge is 2.30. The van der Waals surface area contributed by atoms with Gasteiger partial charge in [-0.3, -0.25) is 0 Å². The van der Waals surface area contributed by atoms with Crippen LogP contribution in [0.2, 0.25) is 0 Å². The number of ether oxygens (including phenoxy) is 2. The van der Waals surface area contributed by atoms with Crippen molar-refractivity contribution in [3.05, 3.63) is 0 Å². The highest BCUT2D eigenvalue weighted by molar-refractivity contribution is 4.81. The molecule has 88 valence electrons. The van der Waals surface area contributed by atoms with Gasteiger partial charge in [0.25, 0.3) is 0 Å². The standard InChI is InChI=1S/C12H23NO2/c1-9(6-10-4-5-10)13-11-7-14-12(2,3)15-8-11/h9-11,13H,4-8H2,1-3H3. The lowest BCUT2D eigenvalue weighted by Crippen LogP contribution is -2.50. The van der Waals surface area contributed by atoms with E-state index < -0.39 is 5.79 Å². The maximum Gasteiger partial charge on any atom is 0.162 e. The lowest BCUT2D eigenvalue weighted by molar-refractivity contribution is -0.253. The van der Waals surface area contributed by atoms with Gasteiger partial charge < -0.3 is 14.8 Å². The number of rotatable bonds is 4. The Labute approximate surface area is 92.5 Å². The smallest absolute Gasteiger partial charge is 0.162 e. The van der Waals surface area contributed by atoms with Crippen molar-refractivity contribution in [3.8, 4) is 0 Å². The fraction of sp³-hybridized carbons (Fsp3) is 1.00. The Hall–Kier alpha value is -0.120. The van der Waals surface area contributed by atoms with Gasteiger partial charge in [0.1, 0.15) is 0 Å². The molecular weight excluding hydrogens is 190 g/mol. The van der Waals surface area contributed by atoms with E-state index in [9.17, 15) is 0 Å². The minimum absolute atomic E-state index is 0.367. The van der Waals surface area contributed by atoms with Crippen molar-refractivity contribution in [1.82, 2.24) is 5.32 Å². The Morgan fingerprint density at radius 1 is 1.27 bits per heavy atom. The van der Waals surface area contributed by atoms with Gasteiger partial charge in [-0.05, 0) is 33.1 Å². The fourth-order valence-electron chi connectivity index (χ4n) is 2.11. The molecule has 1 atom stereocenters. The van der Waals surface area contributed by atoms with Gasteiger partial charge in [-0.15, -0.1) is 0 Å². The molecule has 0 aromatic rings. The molecule has 1 heterocycles. The summed E-state index contributed by atoms with van der Waals surface area (Å²) in [5, 5.41) is 3.58. The van der Waals surface area contributed by atoms with Crippen LogP contribution in [0.3, 0.4) is 0 Å². The molecule has 0 bridgehead atoms. The summed E-state index contributed by atoms with van der Waals surface area (Å²) in [5.41, 5.74) is 0. The quantitative estimate of drug-likeness (QED) is 0.774. The van der Waals surface area contributed by atoms with E-state index in [1.807, 2.05) is 13.8 Å². The van der Waals surface area contributed by atoms with Gasteiger partial charge in [-0.2, -0.15) is 0 Å². The topological polar surface area (TPSA) is 30.5 Å². The summed E-state index contributed by atoms with van der Waals surface area (Å²) < 4.78 is 11.2. The summed E-state index contributed by atoms with van der Waals surface area (Å²) >= 11 is 0. The number of hydrogen-bond acceptors (Lipinski definition) is 3. The lowest BCUT2D eigenvalue weighted by atomic mass is 10.1. The second-order valence-electron chi connectivity index (χ2n) is 5.47. The van der Waals surface area contributed by atoms with Crippen molar-refractivity contribution in [3.63, 3.8) is 0 Å². The van der Waals surface area contributed by atoms with E-state index in [1.165, 1.54) is 19.3 Å². The first-order valence-corrected chi connectivity index (χ1v) is 6.09. The van der Waals surface area contributed by atoms with Crippen LogP contribution in [0.4, 0.5) is 0 Å². The minimum Gasteiger partial charge on any atom is -0.349 e. The van der Waals surface area contributed by atoms with Crippen molar-refractivity contribution in [2.75, 3.05) is 13.2 Å². The first kappa shape index (κ1) is 11.4. The maximum absolute atomic E-state index is 5.61. The summed E-state index contributed by atoms with van der Waals surface area (Å²) in [6, 6.07) is 0.961. The molecule has 3 heteroatoms. The molecule has 15 heavy (non-hydrogen) atoms. The summed E-state index contributed by atoms with van der Waals surface area (Å²) in [6.07, 6.45) is 4.16. The molecule has 0 aromatic heterocycles. The molecule has 2 fully saturated rings. The van der Waals surface area contributed by atoms with E-state index in [0.29, 0.717) is 12.1 Å². The third kappa shape index (κ3) is 3.74. The third-order valence-electron chi connectivity index (χ3n) is 3.17. The highest BCUT2D eigenvalue weighted by atomic mass is 16.7. The fourth-order valence-corrected chi connectivity index (χ4v) is 2.11. The molecule has 3 nitrogen and oxygen atoms in total. The summed E-state index contributed by atoms with van der Waals surface area (Å²) in [6.45, 7) is 7.73. The van der Waals surface area contributed by atoms with E-state index in [0.717, 1.165) is 19.1 Å². The van der Waals surface area contributed by atoms with Crippen LogP contribution >= 0.6 is 0 Å². The van der Waals surface area contributed by atoms with E-state index in [4.69, 9.17) is 9.47 Å². The van der Waals surface area contributed by atoms with Crippen LogP contribution < -0.4 is 5.32 Å². The van der Waals surface area contributed by atoms with E-state index in [-0.39, 0.29) is 0 Å². The number of hydrogen-bond donors (Lipinski definition) is 1. The van der Waals surface area contributed by atoms with Gasteiger partial charge in [0.15, 0.2) is 5.79 Å². The Morgan fingerprint density at radius 3 is 2.40 bits per heavy atom. The van der Waals surface area contributed by atoms with Crippen molar-refractivity contribution in [1.29, 1.82) is 0 Å². The second kappa shape index (κ2) is 4.40. The van der Waals surface area contributed by atoms with Gasteiger partial charge in [0.05, 0.1) is 19.3 Å². The van der Waals surface area contributed by atoms with Gasteiger partial charge in [-0.25, -0.2) is 0 Å². The Balaban J connectivity index is 1.66. The predicted octanol–water partition coefficient (Wildman–Crippen LogP) is 1.92. The van der Waals surface area contributed by atoms with Crippen LogP contribution in [-0.2, 0) is 9.47 Å². The molecule has 1 saturated carbocycles. The van der Waals surface area contributed by atoms with Gasteiger partial charge in [-0.1, -0.05) is 12.8 Å². The van der Waals surface area contributed by atoms with Crippen LogP contribution in [0.1, 0.15) is 40.0 Å². The second-order valence-corrected chi connectivity index (χ2v) is 5.47. The molecule has 1 saturated heterocycles. The predicted molar refractivity (Wildman–Crippen MR) is 59.7 cm³/mol. The molecular formula is C12H23NO2. The highest BCUT2D eigenvalue weighted by Crippen LogP contribution is 2.33. The SMILES string of the molecule is CC(CC1CC1)NC1COC(C)(C)OC1. The van der Waals surface area contributed by atoms with Gasteiger partial charge in [0.2, 0.25) is 0 Å². The van der Waals surface area contributed by atoms with Crippen molar-refractivity contribution in [2.24, 2.45) is 5.92 Å². The lowest BCUT2D eigenvalue weighted by Gasteiger charge is -2.36. The van der Waals surface area contributed by atoms with Crippen LogP contribution in [0.15, 0.2) is 0 Å². The van der Waals surface area contributed by atoms with Crippen LogP contribution in [-0.4, -0.2) is 31.1 Å². The van der Waals surface area contributed by atoms with E-state index >= 15 is 0 Å². The van der Waals surface area contributed by atoms with Crippen molar-refractivity contribution < 1.29 is 9.47 Å². The molecule has 1 N–H and O–H groups in total. The molecule has 2 rings (SSSR count). The van der Waals surface area contributed by atoms with Crippen molar-refractivity contribution in [2.45, 2.75) is 57.9 Å². The molecule has 1 unspecified atom stereocenters. The van der Waals surface area contributed by atoms with Crippen LogP contribution in [0.25, 0.3) is 0 Å². The van der Waals surface area contributed by atoms with Crippen molar-refractivity contribution >= 4 is 0 Å². The molecule has 0 amide bonds. The zero-order valence-electron chi connectivity index (χ0n) is 10.1. The average Bonchev–Trinajstić information content (AvgIpc) is 2.92. The Kier molecular flexibility index (Phi) is 3.33. The monoisotopic (exact) mass is 213 g/mol. The Bertz CT molecular complexity index is 204. The summed E-state index contributed by atoms with van der Waals surface area (Å²) in [4.78, 5) is 0. The van der Waals surface area contributed by atoms with E-state index in [1.54, 1.807) is 0 Å². The molecule has 0 aromatic carbocycles.